The first kappa shape index (κ1) is 19.2. The van der Waals surface area contributed by atoms with Gasteiger partial charge in [-0.05, 0) is 52.4 Å². The third kappa shape index (κ3) is 4.29. The van der Waals surface area contributed by atoms with Gasteiger partial charge < -0.3 is 9.64 Å². The van der Waals surface area contributed by atoms with E-state index in [0.717, 1.165) is 19.3 Å². The molecule has 0 spiro atoms. The molecule has 2 rings (SSSR count). The molecule has 1 saturated heterocycles. The molecule has 2 unspecified atom stereocenters. The molecule has 0 aromatic rings. The molecule has 1 amide bonds. The number of rotatable bonds is 7. The number of hydrogen-bond donors (Lipinski definition) is 1. The number of hydrogen-bond acceptors (Lipinski definition) is 4. The van der Waals surface area contributed by atoms with Crippen LogP contribution in [-0.4, -0.2) is 47.6 Å². The van der Waals surface area contributed by atoms with E-state index in [-0.39, 0.29) is 17.9 Å². The van der Waals surface area contributed by atoms with Crippen molar-refractivity contribution in [3.8, 4) is 0 Å². The smallest absolute Gasteiger partial charge is 0.323 e. The van der Waals surface area contributed by atoms with Crippen molar-refractivity contribution < 1.29 is 14.3 Å². The van der Waals surface area contributed by atoms with Gasteiger partial charge in [0.1, 0.15) is 6.04 Å². The summed E-state index contributed by atoms with van der Waals surface area (Å²) in [5.74, 6) is 0.563. The predicted octanol–water partition coefficient (Wildman–Crippen LogP) is 2.88. The number of fused-ring (bicyclic) bond motifs is 1. The lowest BCUT2D eigenvalue weighted by Gasteiger charge is -2.35. The largest absolute Gasteiger partial charge is 0.465 e. The third-order valence-corrected chi connectivity index (χ3v) is 5.57. The molecule has 24 heavy (non-hydrogen) atoms. The maximum absolute atomic E-state index is 13.0. The van der Waals surface area contributed by atoms with Gasteiger partial charge in [0.05, 0.1) is 12.6 Å². The van der Waals surface area contributed by atoms with Crippen LogP contribution in [0.5, 0.6) is 0 Å². The van der Waals surface area contributed by atoms with Crippen LogP contribution in [0.1, 0.15) is 72.6 Å². The maximum atomic E-state index is 13.0. The first-order valence-corrected chi connectivity index (χ1v) is 9.74. The van der Waals surface area contributed by atoms with Crippen LogP contribution in [0.2, 0.25) is 0 Å². The maximum Gasteiger partial charge on any atom is 0.323 e. The quantitative estimate of drug-likeness (QED) is 0.725. The summed E-state index contributed by atoms with van der Waals surface area (Å²) in [4.78, 5) is 27.2. The second kappa shape index (κ2) is 8.84. The van der Waals surface area contributed by atoms with Crippen molar-refractivity contribution in [2.45, 2.75) is 96.8 Å². The molecule has 0 radical (unpaired) electrons. The normalized spacial score (nSPS) is 29.0. The Hall–Kier alpha value is -1.10. The SMILES string of the molecule is CCC[C@H](N[C@H](C)C(=O)N1C2CCCCC2C[C@H]1C)C(=O)OCC. The van der Waals surface area contributed by atoms with Crippen molar-refractivity contribution in [1.29, 1.82) is 0 Å². The molecule has 1 aliphatic heterocycles. The number of likely N-dealkylation sites (tertiary alicyclic amines) is 1. The zero-order chi connectivity index (χ0) is 17.7. The molecular weight excluding hydrogens is 304 g/mol. The van der Waals surface area contributed by atoms with E-state index < -0.39 is 6.04 Å². The zero-order valence-corrected chi connectivity index (χ0v) is 15.7. The van der Waals surface area contributed by atoms with E-state index in [0.29, 0.717) is 31.0 Å². The molecule has 138 valence electrons. The molecule has 2 fully saturated rings. The Morgan fingerprint density at radius 2 is 1.96 bits per heavy atom. The summed E-state index contributed by atoms with van der Waals surface area (Å²) in [6, 6.07) is -0.0390. The topological polar surface area (TPSA) is 58.6 Å². The molecule has 1 N–H and O–H groups in total. The van der Waals surface area contributed by atoms with Crippen LogP contribution in [0.3, 0.4) is 0 Å². The van der Waals surface area contributed by atoms with Crippen molar-refractivity contribution in [1.82, 2.24) is 10.2 Å². The molecule has 5 nitrogen and oxygen atoms in total. The fraction of sp³-hybridized carbons (Fsp3) is 0.895. The lowest BCUT2D eigenvalue weighted by molar-refractivity contribution is -0.146. The van der Waals surface area contributed by atoms with E-state index in [2.05, 4.69) is 17.1 Å². The molecule has 0 aromatic heterocycles. The zero-order valence-electron chi connectivity index (χ0n) is 15.7. The molecular formula is C19H34N2O3. The Bertz CT molecular complexity index is 440. The highest BCUT2D eigenvalue weighted by Crippen LogP contribution is 2.39. The van der Waals surface area contributed by atoms with E-state index in [1.165, 1.54) is 19.3 Å². The van der Waals surface area contributed by atoms with Gasteiger partial charge in [-0.2, -0.15) is 0 Å². The van der Waals surface area contributed by atoms with E-state index in [1.807, 2.05) is 20.8 Å². The minimum absolute atomic E-state index is 0.141. The minimum atomic E-state index is -0.394. The molecule has 1 heterocycles. The molecule has 0 bridgehead atoms. The van der Waals surface area contributed by atoms with Gasteiger partial charge >= 0.3 is 5.97 Å². The Morgan fingerprint density at radius 1 is 1.25 bits per heavy atom. The second-order valence-electron chi connectivity index (χ2n) is 7.42. The van der Waals surface area contributed by atoms with Gasteiger partial charge in [0.25, 0.3) is 0 Å². The van der Waals surface area contributed by atoms with E-state index >= 15 is 0 Å². The van der Waals surface area contributed by atoms with Crippen LogP contribution in [0.4, 0.5) is 0 Å². The Morgan fingerprint density at radius 3 is 2.62 bits per heavy atom. The predicted molar refractivity (Wildman–Crippen MR) is 94.6 cm³/mol. The monoisotopic (exact) mass is 338 g/mol. The summed E-state index contributed by atoms with van der Waals surface area (Å²) < 4.78 is 5.14. The Kier molecular flexibility index (Phi) is 7.08. The van der Waals surface area contributed by atoms with E-state index in [4.69, 9.17) is 4.74 Å². The van der Waals surface area contributed by atoms with Crippen LogP contribution in [0.25, 0.3) is 0 Å². The van der Waals surface area contributed by atoms with Crippen molar-refractivity contribution in [3.05, 3.63) is 0 Å². The number of amides is 1. The highest BCUT2D eigenvalue weighted by atomic mass is 16.5. The number of carbonyl (C=O) groups excluding carboxylic acids is 2. The van der Waals surface area contributed by atoms with Crippen LogP contribution >= 0.6 is 0 Å². The number of nitrogens with one attached hydrogen (secondary N) is 1. The third-order valence-electron chi connectivity index (χ3n) is 5.57. The van der Waals surface area contributed by atoms with Gasteiger partial charge in [-0.25, -0.2) is 0 Å². The Balaban J connectivity index is 2.00. The van der Waals surface area contributed by atoms with Crippen LogP contribution in [0.15, 0.2) is 0 Å². The lowest BCUT2D eigenvalue weighted by Crippen LogP contribution is -2.54. The molecule has 0 aromatic carbocycles. The fourth-order valence-electron chi connectivity index (χ4n) is 4.49. The van der Waals surface area contributed by atoms with E-state index in [1.54, 1.807) is 0 Å². The van der Waals surface area contributed by atoms with E-state index in [9.17, 15) is 9.59 Å². The fourth-order valence-corrected chi connectivity index (χ4v) is 4.49. The Labute approximate surface area is 146 Å². The van der Waals surface area contributed by atoms with Crippen molar-refractivity contribution in [3.63, 3.8) is 0 Å². The van der Waals surface area contributed by atoms with Crippen LogP contribution in [-0.2, 0) is 14.3 Å². The number of ether oxygens (including phenoxy) is 1. The highest BCUT2D eigenvalue weighted by Gasteiger charge is 2.43. The van der Waals surface area contributed by atoms with Gasteiger partial charge in [-0.3, -0.25) is 14.9 Å². The molecule has 1 aliphatic carbocycles. The van der Waals surface area contributed by atoms with Gasteiger partial charge in [-0.1, -0.05) is 26.2 Å². The standard InChI is InChI=1S/C19H34N2O3/c1-5-9-16(19(23)24-6-2)20-14(4)18(22)21-13(3)12-15-10-7-8-11-17(15)21/h13-17,20H,5-12H2,1-4H3/t13-,14-,15?,16+,17?/m1/s1. The first-order valence-electron chi connectivity index (χ1n) is 9.74. The average Bonchev–Trinajstić information content (AvgIpc) is 2.89. The summed E-state index contributed by atoms with van der Waals surface area (Å²) in [7, 11) is 0. The lowest BCUT2D eigenvalue weighted by atomic mass is 9.85. The number of nitrogens with zero attached hydrogens (tertiary/aromatic N) is 1. The number of carbonyl (C=O) groups is 2. The highest BCUT2D eigenvalue weighted by molar-refractivity contribution is 5.84. The summed E-state index contributed by atoms with van der Waals surface area (Å²) in [5, 5.41) is 3.23. The average molecular weight is 338 g/mol. The van der Waals surface area contributed by atoms with Gasteiger partial charge in [0, 0.05) is 12.1 Å². The van der Waals surface area contributed by atoms with Crippen LogP contribution < -0.4 is 5.32 Å². The van der Waals surface area contributed by atoms with Crippen molar-refractivity contribution in [2.24, 2.45) is 5.92 Å². The molecule has 5 atom stereocenters. The first-order chi connectivity index (χ1) is 11.5. The van der Waals surface area contributed by atoms with Gasteiger partial charge in [0.15, 0.2) is 0 Å². The molecule has 2 aliphatic rings. The summed E-state index contributed by atoms with van der Waals surface area (Å²) in [6.07, 6.45) is 7.59. The number of esters is 1. The van der Waals surface area contributed by atoms with Gasteiger partial charge in [-0.15, -0.1) is 0 Å². The summed E-state index contributed by atoms with van der Waals surface area (Å²) in [6.45, 7) is 8.26. The van der Waals surface area contributed by atoms with Gasteiger partial charge in [0.2, 0.25) is 5.91 Å². The second-order valence-corrected chi connectivity index (χ2v) is 7.42. The van der Waals surface area contributed by atoms with Crippen molar-refractivity contribution in [2.75, 3.05) is 6.61 Å². The summed E-state index contributed by atoms with van der Waals surface area (Å²) in [5.41, 5.74) is 0. The molecule has 5 heteroatoms. The molecule has 1 saturated carbocycles. The van der Waals surface area contributed by atoms with Crippen molar-refractivity contribution >= 4 is 11.9 Å². The van der Waals surface area contributed by atoms with Crippen LogP contribution in [0, 0.1) is 5.92 Å². The summed E-state index contributed by atoms with van der Waals surface area (Å²) >= 11 is 0. The minimum Gasteiger partial charge on any atom is -0.465 e.